The van der Waals surface area contributed by atoms with Gasteiger partial charge in [0.1, 0.15) is 6.04 Å². The van der Waals surface area contributed by atoms with Crippen LogP contribution in [0.15, 0.2) is 18.2 Å². The molecule has 0 aromatic heterocycles. The van der Waals surface area contributed by atoms with Crippen molar-refractivity contribution >= 4 is 27.5 Å². The van der Waals surface area contributed by atoms with Gasteiger partial charge in [0.05, 0.1) is 5.75 Å². The first kappa shape index (κ1) is 15.3. The van der Waals surface area contributed by atoms with Crippen LogP contribution in [0, 0.1) is 6.07 Å². The summed E-state index contributed by atoms with van der Waals surface area (Å²) in [6, 6.07) is 7.12. The van der Waals surface area contributed by atoms with Gasteiger partial charge in [-0.2, -0.15) is 4.31 Å². The molecule has 109 valence electrons. The number of benzene rings is 1. The second kappa shape index (κ2) is 6.11. The van der Waals surface area contributed by atoms with E-state index >= 15 is 0 Å². The summed E-state index contributed by atoms with van der Waals surface area (Å²) in [5.41, 5.74) is 6.98. The smallest absolute Gasteiger partial charge is 0.240 e. The van der Waals surface area contributed by atoms with Gasteiger partial charge >= 0.3 is 0 Å². The molecule has 1 aromatic carbocycles. The monoisotopic (exact) mass is 315 g/mol. The molecular weight excluding hydrogens is 300 g/mol. The highest BCUT2D eigenvalue weighted by Crippen LogP contribution is 2.31. The fourth-order valence-corrected chi connectivity index (χ4v) is 4.37. The van der Waals surface area contributed by atoms with Crippen LogP contribution in [0.25, 0.3) is 0 Å². The van der Waals surface area contributed by atoms with E-state index < -0.39 is 22.0 Å². The zero-order valence-electron chi connectivity index (χ0n) is 10.9. The number of primary amides is 1. The van der Waals surface area contributed by atoms with Crippen molar-refractivity contribution in [3.8, 4) is 0 Å². The van der Waals surface area contributed by atoms with Crippen LogP contribution in [-0.2, 0) is 21.2 Å². The lowest BCUT2D eigenvalue weighted by atomic mass is 9.94. The van der Waals surface area contributed by atoms with Gasteiger partial charge in [0.15, 0.2) is 0 Å². The van der Waals surface area contributed by atoms with Crippen LogP contribution in [0.3, 0.4) is 0 Å². The Hall–Kier alpha value is -1.11. The summed E-state index contributed by atoms with van der Waals surface area (Å²) >= 11 is 5.55. The zero-order valence-corrected chi connectivity index (χ0v) is 12.5. The predicted molar refractivity (Wildman–Crippen MR) is 76.7 cm³/mol. The van der Waals surface area contributed by atoms with E-state index in [4.69, 9.17) is 17.3 Å². The molecule has 1 aliphatic rings. The van der Waals surface area contributed by atoms with Gasteiger partial charge < -0.3 is 5.73 Å². The Kier molecular flexibility index (Phi) is 4.67. The molecule has 1 unspecified atom stereocenters. The maximum atomic E-state index is 12.3. The molecule has 1 amide bonds. The zero-order chi connectivity index (χ0) is 14.8. The minimum atomic E-state index is -3.54. The van der Waals surface area contributed by atoms with Crippen LogP contribution in [0.1, 0.15) is 23.6 Å². The first-order chi connectivity index (χ1) is 9.47. The van der Waals surface area contributed by atoms with Crippen LogP contribution in [0.2, 0.25) is 0 Å². The molecule has 1 heterocycles. The van der Waals surface area contributed by atoms with E-state index in [0.717, 1.165) is 5.56 Å². The minimum Gasteiger partial charge on any atom is -0.368 e. The van der Waals surface area contributed by atoms with Gasteiger partial charge in [-0.1, -0.05) is 18.2 Å². The number of amides is 1. The summed E-state index contributed by atoms with van der Waals surface area (Å²) in [7, 11) is -3.54. The number of nitrogens with zero attached hydrogens (tertiary/aromatic N) is 1. The highest BCUT2D eigenvalue weighted by atomic mass is 35.5. The van der Waals surface area contributed by atoms with Crippen LogP contribution < -0.4 is 5.73 Å². The Labute approximate surface area is 123 Å². The summed E-state index contributed by atoms with van der Waals surface area (Å²) in [5, 5.41) is 0. The van der Waals surface area contributed by atoms with Gasteiger partial charge in [-0.25, -0.2) is 8.42 Å². The number of hydrogen-bond acceptors (Lipinski definition) is 3. The average Bonchev–Trinajstić information content (AvgIpc) is 2.43. The fraction of sp³-hybridized carbons (Fsp3) is 0.462. The highest BCUT2D eigenvalue weighted by Gasteiger charge is 2.38. The molecule has 1 aromatic rings. The second-order valence-corrected chi connectivity index (χ2v) is 7.07. The standard InChI is InChI=1S/C13H16ClN2O3S/c14-7-3-9-20(18,19)16-8-6-10-4-1-2-5-11(10)12(16)13(15)17/h2,4-5,12H,3,6-9H2,(H2,15,17). The van der Waals surface area contributed by atoms with Crippen LogP contribution >= 0.6 is 11.6 Å². The third kappa shape index (κ3) is 2.97. The Morgan fingerprint density at radius 3 is 2.95 bits per heavy atom. The number of carbonyl (C=O) groups is 1. The summed E-state index contributed by atoms with van der Waals surface area (Å²) in [5.74, 6) is -0.472. The SMILES string of the molecule is NC(=O)C1c2cc[c]cc2CCN1S(=O)(=O)CCCCl. The molecule has 1 atom stereocenters. The Morgan fingerprint density at radius 2 is 2.30 bits per heavy atom. The fourth-order valence-electron chi connectivity index (χ4n) is 2.42. The van der Waals surface area contributed by atoms with Crippen molar-refractivity contribution in [2.45, 2.75) is 18.9 Å². The molecule has 1 radical (unpaired) electrons. The topological polar surface area (TPSA) is 80.5 Å². The van der Waals surface area contributed by atoms with Gasteiger partial charge in [-0.3, -0.25) is 4.79 Å². The van der Waals surface area contributed by atoms with Gasteiger partial charge in [0, 0.05) is 12.4 Å². The first-order valence-corrected chi connectivity index (χ1v) is 8.45. The molecule has 5 nitrogen and oxygen atoms in total. The van der Waals surface area contributed by atoms with E-state index in [1.165, 1.54) is 4.31 Å². The highest BCUT2D eigenvalue weighted by molar-refractivity contribution is 7.89. The number of hydrogen-bond donors (Lipinski definition) is 1. The Morgan fingerprint density at radius 1 is 1.55 bits per heavy atom. The number of halogens is 1. The first-order valence-electron chi connectivity index (χ1n) is 6.31. The molecule has 7 heteroatoms. The minimum absolute atomic E-state index is 0.0748. The molecule has 0 aliphatic carbocycles. The molecule has 2 rings (SSSR count). The van der Waals surface area contributed by atoms with Gasteiger partial charge in [0.2, 0.25) is 15.9 Å². The molecule has 0 bridgehead atoms. The van der Waals surface area contributed by atoms with Gasteiger partial charge in [0.25, 0.3) is 0 Å². The van der Waals surface area contributed by atoms with Crippen molar-refractivity contribution < 1.29 is 13.2 Å². The molecule has 20 heavy (non-hydrogen) atoms. The van der Waals surface area contributed by atoms with E-state index in [9.17, 15) is 13.2 Å². The number of nitrogens with two attached hydrogens (primary N) is 1. The van der Waals surface area contributed by atoms with E-state index in [1.807, 2.05) is 0 Å². The third-order valence-corrected chi connectivity index (χ3v) is 5.51. The van der Waals surface area contributed by atoms with E-state index in [2.05, 4.69) is 6.07 Å². The van der Waals surface area contributed by atoms with Crippen molar-refractivity contribution in [3.63, 3.8) is 0 Å². The number of alkyl halides is 1. The summed E-state index contributed by atoms with van der Waals surface area (Å²) < 4.78 is 25.8. The van der Waals surface area contributed by atoms with E-state index in [0.29, 0.717) is 18.4 Å². The third-order valence-electron chi connectivity index (χ3n) is 3.33. The van der Waals surface area contributed by atoms with Crippen molar-refractivity contribution in [1.82, 2.24) is 4.31 Å². The number of carbonyl (C=O) groups excluding carboxylic acids is 1. The average molecular weight is 316 g/mol. The maximum Gasteiger partial charge on any atom is 0.240 e. The predicted octanol–water partition coefficient (Wildman–Crippen LogP) is 0.830. The van der Waals surface area contributed by atoms with E-state index in [1.54, 1.807) is 18.2 Å². The Bertz CT molecular complexity index is 603. The molecule has 0 saturated carbocycles. The van der Waals surface area contributed by atoms with Gasteiger partial charge in [-0.15, -0.1) is 11.6 Å². The van der Waals surface area contributed by atoms with Crippen molar-refractivity contribution in [2.75, 3.05) is 18.2 Å². The van der Waals surface area contributed by atoms with Gasteiger partial charge in [-0.05, 0) is 30.0 Å². The number of sulfonamides is 1. The second-order valence-electron chi connectivity index (χ2n) is 4.65. The van der Waals surface area contributed by atoms with Crippen molar-refractivity contribution in [2.24, 2.45) is 5.73 Å². The molecule has 0 spiro atoms. The van der Waals surface area contributed by atoms with Crippen molar-refractivity contribution in [3.05, 3.63) is 35.4 Å². The summed E-state index contributed by atoms with van der Waals surface area (Å²) in [6.45, 7) is 0.253. The van der Waals surface area contributed by atoms with E-state index in [-0.39, 0.29) is 18.2 Å². The van der Waals surface area contributed by atoms with Crippen LogP contribution in [0.4, 0.5) is 0 Å². The lowest BCUT2D eigenvalue weighted by Crippen LogP contribution is -2.46. The lowest BCUT2D eigenvalue weighted by molar-refractivity contribution is -0.122. The number of fused-ring (bicyclic) bond motifs is 1. The quantitative estimate of drug-likeness (QED) is 0.817. The normalized spacial score (nSPS) is 19.6. The molecule has 0 fully saturated rings. The van der Waals surface area contributed by atoms with Crippen molar-refractivity contribution in [1.29, 1.82) is 0 Å². The number of rotatable bonds is 5. The molecular formula is C13H16ClN2O3S. The Balaban J connectivity index is 2.39. The molecule has 2 N–H and O–H groups in total. The molecule has 1 aliphatic heterocycles. The van der Waals surface area contributed by atoms with Crippen LogP contribution in [-0.4, -0.2) is 36.8 Å². The van der Waals surface area contributed by atoms with Crippen LogP contribution in [0.5, 0.6) is 0 Å². The largest absolute Gasteiger partial charge is 0.368 e. The summed E-state index contributed by atoms with van der Waals surface area (Å²) in [6.07, 6.45) is 0.901. The maximum absolute atomic E-state index is 12.3. The summed E-state index contributed by atoms with van der Waals surface area (Å²) in [4.78, 5) is 11.7. The molecule has 0 saturated heterocycles. The lowest BCUT2D eigenvalue weighted by Gasteiger charge is -2.34.